The first-order valence-corrected chi connectivity index (χ1v) is 8.25. The van der Waals surface area contributed by atoms with E-state index in [0.717, 1.165) is 10.7 Å². The standard InChI is InChI=1S/C10H15N3O4S2/c14-10(15)9-3-1-2-4-13(9)19(16,17)12-5-8-6-18-7-11-8/h6-7,9,12H,1-5H2,(H,14,15). The number of nitrogens with zero attached hydrogens (tertiary/aromatic N) is 2. The molecule has 0 radical (unpaired) electrons. The molecule has 0 spiro atoms. The van der Waals surface area contributed by atoms with Crippen molar-refractivity contribution in [3.05, 3.63) is 16.6 Å². The smallest absolute Gasteiger partial charge is 0.322 e. The second-order valence-corrected chi connectivity index (χ2v) is 6.69. The largest absolute Gasteiger partial charge is 0.480 e. The van der Waals surface area contributed by atoms with Crippen molar-refractivity contribution in [2.45, 2.75) is 31.8 Å². The van der Waals surface area contributed by atoms with E-state index in [4.69, 9.17) is 5.11 Å². The van der Waals surface area contributed by atoms with Crippen LogP contribution in [-0.2, 0) is 21.5 Å². The van der Waals surface area contributed by atoms with Gasteiger partial charge in [0.05, 0.1) is 17.7 Å². The first-order valence-electron chi connectivity index (χ1n) is 5.87. The number of thiazole rings is 1. The quantitative estimate of drug-likeness (QED) is 0.821. The Bertz CT molecular complexity index is 529. The number of piperidine rings is 1. The highest BCUT2D eigenvalue weighted by Crippen LogP contribution is 2.20. The van der Waals surface area contributed by atoms with Gasteiger partial charge in [-0.3, -0.25) is 4.79 Å². The molecule has 0 amide bonds. The Balaban J connectivity index is 2.06. The number of aromatic nitrogens is 1. The minimum atomic E-state index is -3.79. The molecular weight excluding hydrogens is 290 g/mol. The highest BCUT2D eigenvalue weighted by molar-refractivity contribution is 7.87. The third-order valence-electron chi connectivity index (χ3n) is 2.97. The molecule has 19 heavy (non-hydrogen) atoms. The summed E-state index contributed by atoms with van der Waals surface area (Å²) in [6.45, 7) is 0.317. The molecule has 1 aromatic rings. The molecular formula is C10H15N3O4S2. The van der Waals surface area contributed by atoms with Crippen LogP contribution < -0.4 is 4.72 Å². The first kappa shape index (κ1) is 14.4. The molecule has 2 heterocycles. The third kappa shape index (κ3) is 3.50. The molecule has 1 aromatic heterocycles. The van der Waals surface area contributed by atoms with Crippen LogP contribution in [0, 0.1) is 0 Å². The molecule has 1 fully saturated rings. The van der Waals surface area contributed by atoms with Gasteiger partial charge in [-0.1, -0.05) is 0 Å². The van der Waals surface area contributed by atoms with E-state index in [1.807, 2.05) is 0 Å². The Hall–Kier alpha value is -1.03. The fourth-order valence-corrected chi connectivity index (χ4v) is 3.97. The average molecular weight is 305 g/mol. The van der Waals surface area contributed by atoms with Crippen molar-refractivity contribution in [2.24, 2.45) is 0 Å². The fourth-order valence-electron chi connectivity index (χ4n) is 2.01. The summed E-state index contributed by atoms with van der Waals surface area (Å²) in [4.78, 5) is 15.1. The lowest BCUT2D eigenvalue weighted by atomic mass is 10.1. The van der Waals surface area contributed by atoms with Crippen LogP contribution in [-0.4, -0.2) is 41.4 Å². The van der Waals surface area contributed by atoms with Crippen LogP contribution >= 0.6 is 11.3 Å². The van der Waals surface area contributed by atoms with Crippen LogP contribution in [0.15, 0.2) is 10.9 Å². The Kier molecular flexibility index (Phi) is 4.50. The van der Waals surface area contributed by atoms with Crippen LogP contribution in [0.2, 0.25) is 0 Å². The SMILES string of the molecule is O=C(O)C1CCCCN1S(=O)(=O)NCc1cscn1. The van der Waals surface area contributed by atoms with Crippen molar-refractivity contribution in [1.29, 1.82) is 0 Å². The molecule has 1 atom stereocenters. The summed E-state index contributed by atoms with van der Waals surface area (Å²) >= 11 is 1.38. The molecule has 1 saturated heterocycles. The molecule has 9 heteroatoms. The second kappa shape index (κ2) is 5.95. The number of carbonyl (C=O) groups is 1. The van der Waals surface area contributed by atoms with Crippen LogP contribution in [0.3, 0.4) is 0 Å². The van der Waals surface area contributed by atoms with E-state index in [1.54, 1.807) is 10.9 Å². The van der Waals surface area contributed by atoms with Gasteiger partial charge in [0.1, 0.15) is 6.04 Å². The molecule has 0 bridgehead atoms. The summed E-state index contributed by atoms with van der Waals surface area (Å²) in [7, 11) is -3.79. The number of hydrogen-bond donors (Lipinski definition) is 2. The number of carboxylic acids is 1. The van der Waals surface area contributed by atoms with Crippen LogP contribution in [0.1, 0.15) is 25.0 Å². The maximum Gasteiger partial charge on any atom is 0.322 e. The van der Waals surface area contributed by atoms with Crippen LogP contribution in [0.4, 0.5) is 0 Å². The Morgan fingerprint density at radius 2 is 2.37 bits per heavy atom. The molecule has 2 rings (SSSR count). The van der Waals surface area contributed by atoms with E-state index >= 15 is 0 Å². The van der Waals surface area contributed by atoms with E-state index in [1.165, 1.54) is 11.3 Å². The number of aliphatic carboxylic acids is 1. The zero-order chi connectivity index (χ0) is 13.9. The van der Waals surface area contributed by atoms with Gasteiger partial charge in [-0.25, -0.2) is 4.98 Å². The maximum atomic E-state index is 12.1. The average Bonchev–Trinajstić information content (AvgIpc) is 2.89. The van der Waals surface area contributed by atoms with Crippen LogP contribution in [0.5, 0.6) is 0 Å². The van der Waals surface area contributed by atoms with Gasteiger partial charge >= 0.3 is 5.97 Å². The third-order valence-corrected chi connectivity index (χ3v) is 5.17. The minimum Gasteiger partial charge on any atom is -0.480 e. The Morgan fingerprint density at radius 3 is 3.00 bits per heavy atom. The zero-order valence-electron chi connectivity index (χ0n) is 10.2. The van der Waals surface area contributed by atoms with Gasteiger partial charge in [-0.2, -0.15) is 17.4 Å². The lowest BCUT2D eigenvalue weighted by molar-refractivity contribution is -0.142. The molecule has 0 aromatic carbocycles. The van der Waals surface area contributed by atoms with Gasteiger partial charge in [-0.05, 0) is 19.3 Å². The Labute approximate surface area is 115 Å². The topological polar surface area (TPSA) is 99.6 Å². The number of nitrogens with one attached hydrogen (secondary N) is 1. The monoisotopic (exact) mass is 305 g/mol. The van der Waals surface area contributed by atoms with Gasteiger partial charge in [0, 0.05) is 11.9 Å². The van der Waals surface area contributed by atoms with Crippen molar-refractivity contribution < 1.29 is 18.3 Å². The van der Waals surface area contributed by atoms with Gasteiger partial charge < -0.3 is 5.11 Å². The summed E-state index contributed by atoms with van der Waals surface area (Å²) in [5, 5.41) is 10.8. The summed E-state index contributed by atoms with van der Waals surface area (Å²) in [6, 6.07) is -0.971. The van der Waals surface area contributed by atoms with E-state index < -0.39 is 22.2 Å². The normalized spacial score (nSPS) is 21.4. The summed E-state index contributed by atoms with van der Waals surface area (Å²) in [5.74, 6) is -1.10. The summed E-state index contributed by atoms with van der Waals surface area (Å²) < 4.78 is 27.7. The van der Waals surface area contributed by atoms with Gasteiger partial charge in [0.2, 0.25) is 0 Å². The lowest BCUT2D eigenvalue weighted by Gasteiger charge is -2.31. The van der Waals surface area contributed by atoms with Crippen molar-refractivity contribution in [1.82, 2.24) is 14.0 Å². The second-order valence-electron chi connectivity index (χ2n) is 4.27. The highest BCUT2D eigenvalue weighted by Gasteiger charge is 2.36. The molecule has 1 aliphatic rings. The highest BCUT2D eigenvalue weighted by atomic mass is 32.2. The van der Waals surface area contributed by atoms with Crippen molar-refractivity contribution in [2.75, 3.05) is 6.54 Å². The number of hydrogen-bond acceptors (Lipinski definition) is 5. The lowest BCUT2D eigenvalue weighted by Crippen LogP contribution is -2.51. The first-order chi connectivity index (χ1) is 9.00. The predicted octanol–water partition coefficient (Wildman–Crippen LogP) is 0.417. The van der Waals surface area contributed by atoms with Gasteiger partial charge in [-0.15, -0.1) is 11.3 Å². The van der Waals surface area contributed by atoms with E-state index in [2.05, 4.69) is 9.71 Å². The maximum absolute atomic E-state index is 12.1. The van der Waals surface area contributed by atoms with E-state index in [9.17, 15) is 13.2 Å². The van der Waals surface area contributed by atoms with Gasteiger partial charge in [0.25, 0.3) is 10.2 Å². The Morgan fingerprint density at radius 1 is 1.58 bits per heavy atom. The summed E-state index contributed by atoms with van der Waals surface area (Å²) in [5.41, 5.74) is 2.24. The molecule has 0 saturated carbocycles. The molecule has 106 valence electrons. The summed E-state index contributed by atoms with van der Waals surface area (Å²) in [6.07, 6.45) is 1.77. The predicted molar refractivity (Wildman–Crippen MR) is 69.9 cm³/mol. The van der Waals surface area contributed by atoms with Crippen molar-refractivity contribution in [3.8, 4) is 0 Å². The molecule has 0 aliphatic carbocycles. The van der Waals surface area contributed by atoms with Gasteiger partial charge in [0.15, 0.2) is 0 Å². The van der Waals surface area contributed by atoms with Crippen LogP contribution in [0.25, 0.3) is 0 Å². The molecule has 2 N–H and O–H groups in total. The number of carboxylic acid groups (broad SMARTS) is 1. The molecule has 1 unspecified atom stereocenters. The van der Waals surface area contributed by atoms with Crippen molar-refractivity contribution >= 4 is 27.5 Å². The minimum absolute atomic E-state index is 0.0780. The van der Waals surface area contributed by atoms with E-state index in [0.29, 0.717) is 18.5 Å². The van der Waals surface area contributed by atoms with Crippen molar-refractivity contribution in [3.63, 3.8) is 0 Å². The van der Waals surface area contributed by atoms with E-state index in [-0.39, 0.29) is 13.1 Å². The molecule has 7 nitrogen and oxygen atoms in total. The number of rotatable bonds is 5. The molecule has 1 aliphatic heterocycles. The fraction of sp³-hybridized carbons (Fsp3) is 0.600. The zero-order valence-corrected chi connectivity index (χ0v) is 11.8.